The standard InChI is InChI=1S/C10H10N2O/c1-2-9(13)8-6-12-10-7(8)4-3-5-11-10/h3-6H,2H2,1H3,(H,11,12). The van der Waals surface area contributed by atoms with Gasteiger partial charge >= 0.3 is 0 Å². The molecule has 0 bridgehead atoms. The van der Waals surface area contributed by atoms with Crippen LogP contribution in [0.3, 0.4) is 0 Å². The second-order valence-corrected chi connectivity index (χ2v) is 2.88. The molecule has 2 heterocycles. The first-order valence-corrected chi connectivity index (χ1v) is 4.28. The number of Topliss-reactive ketones (excluding diaryl/α,β-unsaturated/α-hetero) is 1. The normalized spacial score (nSPS) is 10.5. The highest BCUT2D eigenvalue weighted by Gasteiger charge is 2.09. The van der Waals surface area contributed by atoms with Gasteiger partial charge in [-0.2, -0.15) is 0 Å². The zero-order valence-corrected chi connectivity index (χ0v) is 7.37. The first-order chi connectivity index (χ1) is 6.33. The Bertz CT molecular complexity index is 445. The topological polar surface area (TPSA) is 45.8 Å². The third-order valence-electron chi connectivity index (χ3n) is 2.07. The number of ketones is 1. The number of hydrogen-bond donors (Lipinski definition) is 1. The van der Waals surface area contributed by atoms with Crippen molar-refractivity contribution in [3.05, 3.63) is 30.1 Å². The largest absolute Gasteiger partial charge is 0.345 e. The predicted octanol–water partition coefficient (Wildman–Crippen LogP) is 2.16. The maximum absolute atomic E-state index is 11.4. The van der Waals surface area contributed by atoms with Gasteiger partial charge in [-0.25, -0.2) is 4.98 Å². The number of carbonyl (C=O) groups is 1. The van der Waals surface area contributed by atoms with Crippen molar-refractivity contribution in [1.82, 2.24) is 9.97 Å². The Morgan fingerprint density at radius 3 is 3.23 bits per heavy atom. The van der Waals surface area contributed by atoms with Crippen molar-refractivity contribution in [2.75, 3.05) is 0 Å². The van der Waals surface area contributed by atoms with Crippen molar-refractivity contribution in [1.29, 1.82) is 0 Å². The minimum absolute atomic E-state index is 0.152. The predicted molar refractivity (Wildman–Crippen MR) is 50.7 cm³/mol. The molecule has 13 heavy (non-hydrogen) atoms. The quantitative estimate of drug-likeness (QED) is 0.709. The lowest BCUT2D eigenvalue weighted by Gasteiger charge is -1.92. The molecule has 2 aromatic rings. The van der Waals surface area contributed by atoms with E-state index in [0.717, 1.165) is 16.6 Å². The number of aromatic amines is 1. The minimum atomic E-state index is 0.152. The van der Waals surface area contributed by atoms with Crippen LogP contribution in [-0.2, 0) is 0 Å². The van der Waals surface area contributed by atoms with Gasteiger partial charge in [-0.15, -0.1) is 0 Å². The summed E-state index contributed by atoms with van der Waals surface area (Å²) in [7, 11) is 0. The van der Waals surface area contributed by atoms with E-state index in [2.05, 4.69) is 9.97 Å². The fraction of sp³-hybridized carbons (Fsp3) is 0.200. The molecule has 0 amide bonds. The second-order valence-electron chi connectivity index (χ2n) is 2.88. The SMILES string of the molecule is CCC(=O)c1c[nH]c2ncccc12. The van der Waals surface area contributed by atoms with Gasteiger partial charge in [0.05, 0.1) is 0 Å². The van der Waals surface area contributed by atoms with Crippen molar-refractivity contribution in [3.63, 3.8) is 0 Å². The Labute approximate surface area is 75.8 Å². The van der Waals surface area contributed by atoms with E-state index >= 15 is 0 Å². The van der Waals surface area contributed by atoms with E-state index in [-0.39, 0.29) is 5.78 Å². The van der Waals surface area contributed by atoms with Crippen molar-refractivity contribution in [3.8, 4) is 0 Å². The summed E-state index contributed by atoms with van der Waals surface area (Å²) in [6.07, 6.45) is 3.96. The monoisotopic (exact) mass is 174 g/mol. The number of H-pyrrole nitrogens is 1. The highest BCUT2D eigenvalue weighted by atomic mass is 16.1. The molecular formula is C10H10N2O. The second kappa shape index (κ2) is 3.01. The van der Waals surface area contributed by atoms with Crippen LogP contribution in [0.4, 0.5) is 0 Å². The van der Waals surface area contributed by atoms with Gasteiger partial charge in [-0.3, -0.25) is 4.79 Å². The Morgan fingerprint density at radius 2 is 2.46 bits per heavy atom. The molecule has 0 aliphatic carbocycles. The lowest BCUT2D eigenvalue weighted by Crippen LogP contribution is -1.93. The first kappa shape index (κ1) is 7.98. The molecule has 3 nitrogen and oxygen atoms in total. The van der Waals surface area contributed by atoms with Crippen molar-refractivity contribution >= 4 is 16.8 Å². The van der Waals surface area contributed by atoms with Crippen LogP contribution in [0.2, 0.25) is 0 Å². The van der Waals surface area contributed by atoms with Crippen LogP contribution in [0, 0.1) is 0 Å². The van der Waals surface area contributed by atoms with Crippen LogP contribution in [0.25, 0.3) is 11.0 Å². The molecule has 3 heteroatoms. The molecule has 0 radical (unpaired) electrons. The molecule has 66 valence electrons. The van der Waals surface area contributed by atoms with Gasteiger partial charge in [0.2, 0.25) is 0 Å². The third-order valence-corrected chi connectivity index (χ3v) is 2.07. The molecule has 0 saturated heterocycles. The molecule has 2 aromatic heterocycles. The molecule has 0 aliphatic heterocycles. The van der Waals surface area contributed by atoms with Gasteiger partial charge < -0.3 is 4.98 Å². The van der Waals surface area contributed by atoms with E-state index in [0.29, 0.717) is 6.42 Å². The molecule has 0 aromatic carbocycles. The molecule has 0 unspecified atom stereocenters. The van der Waals surface area contributed by atoms with Gasteiger partial charge in [0.1, 0.15) is 5.65 Å². The fourth-order valence-electron chi connectivity index (χ4n) is 1.38. The fourth-order valence-corrected chi connectivity index (χ4v) is 1.38. The lowest BCUT2D eigenvalue weighted by molar-refractivity contribution is 0.0990. The average molecular weight is 174 g/mol. The summed E-state index contributed by atoms with van der Waals surface area (Å²) in [6, 6.07) is 3.74. The number of rotatable bonds is 2. The molecule has 0 atom stereocenters. The summed E-state index contributed by atoms with van der Waals surface area (Å²) in [5.41, 5.74) is 1.52. The van der Waals surface area contributed by atoms with Crippen LogP contribution in [0.15, 0.2) is 24.5 Å². The zero-order chi connectivity index (χ0) is 9.26. The molecule has 0 saturated carbocycles. The molecule has 0 fully saturated rings. The maximum atomic E-state index is 11.4. The van der Waals surface area contributed by atoms with E-state index in [1.165, 1.54) is 0 Å². The number of hydrogen-bond acceptors (Lipinski definition) is 2. The van der Waals surface area contributed by atoms with E-state index in [9.17, 15) is 4.79 Å². The highest BCUT2D eigenvalue weighted by Crippen LogP contribution is 2.16. The summed E-state index contributed by atoms with van der Waals surface area (Å²) < 4.78 is 0. The van der Waals surface area contributed by atoms with E-state index in [1.807, 2.05) is 19.1 Å². The van der Waals surface area contributed by atoms with Crippen molar-refractivity contribution in [2.24, 2.45) is 0 Å². The van der Waals surface area contributed by atoms with Crippen LogP contribution in [-0.4, -0.2) is 15.8 Å². The summed E-state index contributed by atoms with van der Waals surface area (Å²) in [5.74, 6) is 0.152. The Hall–Kier alpha value is -1.64. The summed E-state index contributed by atoms with van der Waals surface area (Å²) in [5, 5.41) is 0.911. The number of aromatic nitrogens is 2. The number of nitrogens with zero attached hydrogens (tertiary/aromatic N) is 1. The Morgan fingerprint density at radius 1 is 1.62 bits per heavy atom. The Kier molecular flexibility index (Phi) is 1.85. The molecule has 2 rings (SSSR count). The summed E-state index contributed by atoms with van der Waals surface area (Å²) in [4.78, 5) is 18.5. The Balaban J connectivity index is 2.64. The summed E-state index contributed by atoms with van der Waals surface area (Å²) in [6.45, 7) is 1.86. The van der Waals surface area contributed by atoms with Crippen molar-refractivity contribution < 1.29 is 4.79 Å². The van der Waals surface area contributed by atoms with Gasteiger partial charge in [-0.05, 0) is 12.1 Å². The molecule has 0 aliphatic rings. The maximum Gasteiger partial charge on any atom is 0.164 e. The first-order valence-electron chi connectivity index (χ1n) is 4.28. The average Bonchev–Trinajstić information content (AvgIpc) is 2.60. The van der Waals surface area contributed by atoms with E-state index < -0.39 is 0 Å². The highest BCUT2D eigenvalue weighted by molar-refractivity contribution is 6.06. The van der Waals surface area contributed by atoms with E-state index in [1.54, 1.807) is 12.4 Å². The van der Waals surface area contributed by atoms with Crippen LogP contribution in [0.5, 0.6) is 0 Å². The van der Waals surface area contributed by atoms with Gasteiger partial charge in [0, 0.05) is 29.8 Å². The summed E-state index contributed by atoms with van der Waals surface area (Å²) >= 11 is 0. The van der Waals surface area contributed by atoms with Crippen LogP contribution in [0.1, 0.15) is 23.7 Å². The van der Waals surface area contributed by atoms with Crippen LogP contribution < -0.4 is 0 Å². The van der Waals surface area contributed by atoms with Gasteiger partial charge in [0.15, 0.2) is 5.78 Å². The number of carbonyl (C=O) groups excluding carboxylic acids is 1. The lowest BCUT2D eigenvalue weighted by atomic mass is 10.1. The zero-order valence-electron chi connectivity index (χ0n) is 7.37. The third kappa shape index (κ3) is 1.22. The number of nitrogens with one attached hydrogen (secondary N) is 1. The molecular weight excluding hydrogens is 164 g/mol. The minimum Gasteiger partial charge on any atom is -0.345 e. The van der Waals surface area contributed by atoms with E-state index in [4.69, 9.17) is 0 Å². The molecule has 0 spiro atoms. The van der Waals surface area contributed by atoms with Crippen LogP contribution >= 0.6 is 0 Å². The number of pyridine rings is 1. The smallest absolute Gasteiger partial charge is 0.164 e. The van der Waals surface area contributed by atoms with Gasteiger partial charge in [-0.1, -0.05) is 6.92 Å². The molecule has 1 N–H and O–H groups in total. The number of fused-ring (bicyclic) bond motifs is 1. The van der Waals surface area contributed by atoms with Crippen molar-refractivity contribution in [2.45, 2.75) is 13.3 Å². The van der Waals surface area contributed by atoms with Gasteiger partial charge in [0.25, 0.3) is 0 Å².